The predicted molar refractivity (Wildman–Crippen MR) is 348 cm³/mol. The van der Waals surface area contributed by atoms with E-state index in [1.54, 1.807) is 62.8 Å². The van der Waals surface area contributed by atoms with Crippen LogP contribution in [-0.2, 0) is 102 Å². The zero-order valence-corrected chi connectivity index (χ0v) is 57.2. The van der Waals surface area contributed by atoms with E-state index in [9.17, 15) is 52.8 Å². The lowest BCUT2D eigenvalue weighted by Gasteiger charge is -2.15. The number of nitrogen functional groups attached to an aromatic ring is 1. The molecule has 8 aromatic heterocycles. The van der Waals surface area contributed by atoms with Crippen molar-refractivity contribution in [2.24, 2.45) is 14.1 Å². The van der Waals surface area contributed by atoms with Crippen molar-refractivity contribution in [1.82, 2.24) is 59.9 Å². The highest BCUT2D eigenvalue weighted by atomic mass is 79.9. The van der Waals surface area contributed by atoms with Crippen LogP contribution >= 0.6 is 27.5 Å². The van der Waals surface area contributed by atoms with Crippen LogP contribution in [0, 0.1) is 5.82 Å². The summed E-state index contributed by atoms with van der Waals surface area (Å²) in [6, 6.07) is 17.9. The highest BCUT2D eigenvalue weighted by Gasteiger charge is 2.24. The molecule has 0 radical (unpaired) electrons. The number of rotatable bonds is 20. The minimum absolute atomic E-state index is 0.0404. The number of carbonyl (C=O) groups excluding carboxylic acids is 1. The summed E-state index contributed by atoms with van der Waals surface area (Å²) in [5, 5.41) is 24.8. The van der Waals surface area contributed by atoms with Crippen LogP contribution in [0.5, 0.6) is 0 Å². The number of nitrogens with zero attached hydrogens (tertiary/aromatic N) is 12. The molecular formula is C55H70BrClFN17O12S4. The minimum atomic E-state index is -3.47. The van der Waals surface area contributed by atoms with Crippen LogP contribution in [0.3, 0.4) is 0 Å². The standard InChI is InChI=1S/C20H22ClFN6O4S.C12H15N5O4S.C8H11BrN2O2S.C8H12N2O2S.C7H10N2/c1-5-14-15(26-33(4,30)31)6-7-16(24-14)19-17(28(3)27-25-19)9-18(29)32-11(2)13-8-12(22)10-23-20(13)21;1-4-7-8(15-22(3,20)21)5-6-9(13-7)10-11(12(18)19)17(2)16-14-10;1-3-6-7(11-14(2,12)13)4-5-8(9)10-6;1-3-7-8(5-4-6-9-7)10-13(2,11)12;1-2-7-6(8)4-3-5-9-7/h6-8,10-11,26H,5,9H2,1-4H3;5-6,15H,4H2,1-3H3,(H,18,19);4-5,11H,3H2,1-2H3;4-6,10H,3H2,1-2H3;3-5H,2,8H2,1H3/t11-;;;;/m1..../s1. The quantitative estimate of drug-likeness (QED) is 0.0320. The fourth-order valence-corrected chi connectivity index (χ4v) is 10.8. The summed E-state index contributed by atoms with van der Waals surface area (Å²) >= 11 is 9.21. The van der Waals surface area contributed by atoms with E-state index < -0.39 is 64.0 Å². The van der Waals surface area contributed by atoms with Crippen molar-refractivity contribution in [2.75, 3.05) is 49.6 Å². The summed E-state index contributed by atoms with van der Waals surface area (Å²) in [7, 11) is -10.2. The molecule has 1 atom stereocenters. The van der Waals surface area contributed by atoms with Gasteiger partial charge in [0.05, 0.1) is 112 Å². The molecule has 0 saturated carbocycles. The number of ether oxygens (including phenoxy) is 1. The number of carboxylic acids is 1. The Kier molecular flexibility index (Phi) is 27.7. The molecule has 0 aromatic carbocycles. The number of anilines is 5. The number of nitrogens with one attached hydrogen (secondary N) is 4. The highest BCUT2D eigenvalue weighted by molar-refractivity contribution is 9.10. The third kappa shape index (κ3) is 24.4. The van der Waals surface area contributed by atoms with Crippen LogP contribution in [-0.4, -0.2) is 136 Å². The molecule has 0 unspecified atom stereocenters. The normalized spacial score (nSPS) is 11.5. The number of halogens is 3. The lowest BCUT2D eigenvalue weighted by Crippen LogP contribution is -2.15. The molecule has 36 heteroatoms. The minimum Gasteiger partial charge on any atom is -0.476 e. The number of sulfonamides is 4. The fourth-order valence-electron chi connectivity index (χ4n) is 7.89. The van der Waals surface area contributed by atoms with E-state index in [0.29, 0.717) is 87.2 Å². The highest BCUT2D eigenvalue weighted by Crippen LogP contribution is 2.29. The predicted octanol–water partition coefficient (Wildman–Crippen LogP) is 7.37. The summed E-state index contributed by atoms with van der Waals surface area (Å²) in [6.07, 6.45) is 10.9. The third-order valence-corrected chi connectivity index (χ3v) is 15.0. The summed E-state index contributed by atoms with van der Waals surface area (Å²) in [5.74, 6) is -2.37. The maximum absolute atomic E-state index is 13.5. The van der Waals surface area contributed by atoms with Crippen LogP contribution < -0.4 is 24.6 Å². The maximum Gasteiger partial charge on any atom is 0.356 e. The smallest absolute Gasteiger partial charge is 0.356 e. The van der Waals surface area contributed by atoms with Crippen molar-refractivity contribution < 1.29 is 57.5 Å². The largest absolute Gasteiger partial charge is 0.476 e. The lowest BCUT2D eigenvalue weighted by molar-refractivity contribution is -0.147. The molecule has 0 aliphatic rings. The molecule has 0 saturated heterocycles. The van der Waals surface area contributed by atoms with E-state index in [-0.39, 0.29) is 28.5 Å². The topological polar surface area (TPSA) is 413 Å². The van der Waals surface area contributed by atoms with Gasteiger partial charge in [0.1, 0.15) is 33.1 Å². The van der Waals surface area contributed by atoms with Crippen LogP contribution in [0.4, 0.5) is 32.8 Å². The van der Waals surface area contributed by atoms with Crippen LogP contribution in [0.15, 0.2) is 89.9 Å². The molecule has 0 fully saturated rings. The van der Waals surface area contributed by atoms with Crippen LogP contribution in [0.1, 0.15) is 97.9 Å². The number of aromatic nitrogens is 12. The molecule has 0 bridgehead atoms. The molecular weight excluding hydrogens is 1350 g/mol. The van der Waals surface area contributed by atoms with Crippen LogP contribution in [0.25, 0.3) is 22.8 Å². The average molecular weight is 1420 g/mol. The maximum atomic E-state index is 13.5. The van der Waals surface area contributed by atoms with Gasteiger partial charge in [-0.1, -0.05) is 56.6 Å². The Bertz CT molecular complexity index is 4320. The third-order valence-electron chi connectivity index (χ3n) is 11.9. The first kappa shape index (κ1) is 75.1. The Morgan fingerprint density at radius 3 is 1.52 bits per heavy atom. The molecule has 29 nitrogen and oxygen atoms in total. The Morgan fingerprint density at radius 2 is 1.05 bits per heavy atom. The molecule has 7 N–H and O–H groups in total. The first-order valence-electron chi connectivity index (χ1n) is 27.2. The number of esters is 1. The van der Waals surface area contributed by atoms with Crippen molar-refractivity contribution in [3.8, 4) is 22.8 Å². The molecule has 8 aromatic rings. The second-order valence-electron chi connectivity index (χ2n) is 19.4. The number of carbonyl (C=O) groups is 2. The molecule has 0 amide bonds. The second-order valence-corrected chi connectivity index (χ2v) is 27.5. The Hall–Kier alpha value is -8.38. The zero-order valence-electron chi connectivity index (χ0n) is 51.6. The van der Waals surface area contributed by atoms with E-state index >= 15 is 0 Å². The van der Waals surface area contributed by atoms with Crippen molar-refractivity contribution in [1.29, 1.82) is 0 Å². The van der Waals surface area contributed by atoms with Gasteiger partial charge in [0, 0.05) is 32.1 Å². The number of carboxylic acid groups (broad SMARTS) is 1. The molecule has 8 heterocycles. The van der Waals surface area contributed by atoms with Crippen molar-refractivity contribution in [2.45, 2.75) is 86.2 Å². The number of hydrogen-bond donors (Lipinski definition) is 6. The van der Waals surface area contributed by atoms with Gasteiger partial charge < -0.3 is 15.6 Å². The van der Waals surface area contributed by atoms with Gasteiger partial charge in [-0.2, -0.15) is 0 Å². The first-order valence-corrected chi connectivity index (χ1v) is 36.0. The summed E-state index contributed by atoms with van der Waals surface area (Å²) in [4.78, 5) is 48.7. The van der Waals surface area contributed by atoms with E-state index in [1.807, 2.05) is 46.8 Å². The molecule has 0 aliphatic heterocycles. The number of hydrogen-bond acceptors (Lipinski definition) is 22. The molecule has 0 spiro atoms. The van der Waals surface area contributed by atoms with Gasteiger partial charge in [-0.15, -0.1) is 10.2 Å². The monoisotopic (exact) mass is 1420 g/mol. The number of nitrogens with two attached hydrogens (primary N) is 1. The number of aryl methyl sites for hydroxylation is 7. The lowest BCUT2D eigenvalue weighted by atomic mass is 10.1. The van der Waals surface area contributed by atoms with Gasteiger partial charge in [-0.05, 0) is 122 Å². The van der Waals surface area contributed by atoms with Gasteiger partial charge in [0.25, 0.3) is 0 Å². The molecule has 91 heavy (non-hydrogen) atoms. The van der Waals surface area contributed by atoms with E-state index in [4.69, 9.17) is 22.1 Å². The van der Waals surface area contributed by atoms with Crippen molar-refractivity contribution >= 4 is 108 Å². The van der Waals surface area contributed by atoms with Gasteiger partial charge >= 0.3 is 11.9 Å². The molecule has 8 rings (SSSR count). The van der Waals surface area contributed by atoms with Crippen LogP contribution in [0.2, 0.25) is 5.15 Å². The second kappa shape index (κ2) is 33.6. The van der Waals surface area contributed by atoms with E-state index in [0.717, 1.165) is 71.2 Å². The number of aromatic carboxylic acids is 1. The van der Waals surface area contributed by atoms with Gasteiger partial charge in [-0.25, -0.2) is 67.5 Å². The Labute approximate surface area is 541 Å². The Morgan fingerprint density at radius 1 is 0.626 bits per heavy atom. The van der Waals surface area contributed by atoms with Gasteiger partial charge in [0.2, 0.25) is 40.1 Å². The van der Waals surface area contributed by atoms with Crippen molar-refractivity contribution in [3.05, 3.63) is 146 Å². The zero-order chi connectivity index (χ0) is 68.2. The molecule has 492 valence electrons. The average Bonchev–Trinajstić information content (AvgIpc) is 1.76. The summed E-state index contributed by atoms with van der Waals surface area (Å²) < 4.78 is 122. The van der Waals surface area contributed by atoms with Gasteiger partial charge in [0.15, 0.2) is 5.69 Å². The SMILES string of the molecule is CCc1nc(-c2nnn(C)c2C(=O)O)ccc1NS(C)(=O)=O.CCc1nc(-c2nnn(C)c2CC(=O)O[C@H](C)c2cc(F)cnc2Cl)ccc1NS(C)(=O)=O.CCc1nc(Br)ccc1NS(C)(=O)=O.CCc1ncccc1N.CCc1ncccc1NS(C)(=O)=O. The first-order chi connectivity index (χ1) is 42.5. The Balaban J connectivity index is 0.000000262. The van der Waals surface area contributed by atoms with E-state index in [1.165, 1.54) is 23.9 Å². The summed E-state index contributed by atoms with van der Waals surface area (Å²) in [5.41, 5.74) is 13.5. The number of pyridine rings is 6. The molecule has 0 aliphatic carbocycles. The fraction of sp³-hybridized carbons (Fsp3) is 0.345. The summed E-state index contributed by atoms with van der Waals surface area (Å²) in [6.45, 7) is 11.1. The van der Waals surface area contributed by atoms with Crippen molar-refractivity contribution in [3.63, 3.8) is 0 Å². The van der Waals surface area contributed by atoms with Gasteiger partial charge in [-0.3, -0.25) is 38.3 Å². The van der Waals surface area contributed by atoms with E-state index in [2.05, 4.69) is 85.3 Å².